The second-order valence-corrected chi connectivity index (χ2v) is 8.27. The van der Waals surface area contributed by atoms with E-state index in [1.54, 1.807) is 30.3 Å². The van der Waals surface area contributed by atoms with Crippen LogP contribution in [0.1, 0.15) is 27.5 Å². The van der Waals surface area contributed by atoms with E-state index < -0.39 is 40.6 Å². The first-order valence-electron chi connectivity index (χ1n) is 9.85. The topological polar surface area (TPSA) is 85.7 Å². The molecule has 1 aromatic heterocycles. The quantitative estimate of drug-likeness (QED) is 0.609. The first kappa shape index (κ1) is 20.6. The van der Waals surface area contributed by atoms with Crippen molar-refractivity contribution in [1.29, 1.82) is 0 Å². The zero-order valence-electron chi connectivity index (χ0n) is 16.8. The van der Waals surface area contributed by atoms with E-state index in [-0.39, 0.29) is 16.5 Å². The number of methoxy groups -OCH3 is 1. The van der Waals surface area contributed by atoms with Crippen molar-refractivity contribution in [3.63, 3.8) is 0 Å². The first-order valence-corrected chi connectivity index (χ1v) is 10.2. The van der Waals surface area contributed by atoms with Gasteiger partial charge in [0.15, 0.2) is 22.6 Å². The van der Waals surface area contributed by atoms with Gasteiger partial charge in [0.25, 0.3) is 0 Å². The molecule has 6 nitrogen and oxygen atoms in total. The Morgan fingerprint density at radius 1 is 1.19 bits per heavy atom. The lowest BCUT2D eigenvalue weighted by atomic mass is 9.44. The van der Waals surface area contributed by atoms with Crippen LogP contribution in [-0.4, -0.2) is 34.6 Å². The van der Waals surface area contributed by atoms with Gasteiger partial charge in [-0.05, 0) is 23.3 Å². The summed E-state index contributed by atoms with van der Waals surface area (Å²) < 4.78 is 25.1. The van der Waals surface area contributed by atoms with Crippen molar-refractivity contribution in [2.75, 3.05) is 7.11 Å². The Morgan fingerprint density at radius 3 is 2.53 bits per heavy atom. The maximum Gasteiger partial charge on any atom is 0.313 e. The van der Waals surface area contributed by atoms with Crippen LogP contribution in [0.3, 0.4) is 0 Å². The minimum absolute atomic E-state index is 0.0701. The zero-order chi connectivity index (χ0) is 22.7. The molecular weight excluding hydrogens is 437 g/mol. The fourth-order valence-corrected chi connectivity index (χ4v) is 5.15. The van der Waals surface area contributed by atoms with Crippen molar-refractivity contribution >= 4 is 23.4 Å². The summed E-state index contributed by atoms with van der Waals surface area (Å²) >= 11 is 6.09. The van der Waals surface area contributed by atoms with Crippen LogP contribution in [0.5, 0.6) is 5.75 Å². The second kappa shape index (κ2) is 7.12. The lowest BCUT2D eigenvalue weighted by Crippen LogP contribution is -2.80. The molecule has 1 aliphatic heterocycles. The highest BCUT2D eigenvalue weighted by atomic mass is 35.5. The van der Waals surface area contributed by atoms with Crippen LogP contribution in [0.15, 0.2) is 66.9 Å². The Morgan fingerprint density at radius 2 is 1.88 bits per heavy atom. The van der Waals surface area contributed by atoms with Crippen LogP contribution < -0.4 is 4.74 Å². The molecule has 4 atom stereocenters. The van der Waals surface area contributed by atoms with Gasteiger partial charge in [-0.15, -0.1) is 0 Å². The van der Waals surface area contributed by atoms with Gasteiger partial charge in [0.1, 0.15) is 11.7 Å². The number of aliphatic hydroxyl groups is 1. The molecule has 1 saturated carbocycles. The van der Waals surface area contributed by atoms with Crippen molar-refractivity contribution in [1.82, 2.24) is 4.98 Å². The summed E-state index contributed by atoms with van der Waals surface area (Å²) in [6, 6.07) is 15.6. The van der Waals surface area contributed by atoms with Crippen LogP contribution >= 0.6 is 11.6 Å². The number of halogens is 2. The SMILES string of the molecule is COC(=O)C1C(c2ccccc2)C2(c3ccc(F)cc3)Oc3cc(Cl)cnc3C(=O)C12O. The van der Waals surface area contributed by atoms with Gasteiger partial charge in [0.2, 0.25) is 5.78 Å². The molecule has 32 heavy (non-hydrogen) atoms. The van der Waals surface area contributed by atoms with E-state index in [2.05, 4.69) is 4.98 Å². The lowest BCUT2D eigenvalue weighted by Gasteiger charge is -2.64. The summed E-state index contributed by atoms with van der Waals surface area (Å²) in [5.74, 6) is -4.08. The number of nitrogens with zero attached hydrogens (tertiary/aromatic N) is 1. The molecule has 1 N–H and O–H groups in total. The van der Waals surface area contributed by atoms with Crippen molar-refractivity contribution in [3.05, 3.63) is 94.5 Å². The molecule has 0 radical (unpaired) electrons. The number of pyridine rings is 1. The molecule has 2 aromatic carbocycles. The third kappa shape index (κ3) is 2.52. The van der Waals surface area contributed by atoms with E-state index in [1.165, 1.54) is 43.6 Å². The normalized spacial score (nSPS) is 28.1. The number of esters is 1. The monoisotopic (exact) mass is 453 g/mol. The van der Waals surface area contributed by atoms with Crippen LogP contribution in [0.2, 0.25) is 5.02 Å². The summed E-state index contributed by atoms with van der Waals surface area (Å²) in [7, 11) is 1.19. The van der Waals surface area contributed by atoms with E-state index in [0.29, 0.717) is 11.1 Å². The van der Waals surface area contributed by atoms with Gasteiger partial charge in [0.05, 0.1) is 12.1 Å². The van der Waals surface area contributed by atoms with Crippen LogP contribution in [0.25, 0.3) is 0 Å². The second-order valence-electron chi connectivity index (χ2n) is 7.83. The Hall–Kier alpha value is -3.29. The van der Waals surface area contributed by atoms with Gasteiger partial charge in [-0.2, -0.15) is 0 Å². The number of hydrogen-bond donors (Lipinski definition) is 1. The number of fused-ring (bicyclic) bond motifs is 2. The minimum atomic E-state index is -2.34. The van der Waals surface area contributed by atoms with Crippen LogP contribution in [0, 0.1) is 11.7 Å². The molecule has 0 amide bonds. The maximum atomic E-state index is 13.8. The predicted molar refractivity (Wildman–Crippen MR) is 112 cm³/mol. The largest absolute Gasteiger partial charge is 0.476 e. The fourth-order valence-electron chi connectivity index (χ4n) is 5.00. The van der Waals surface area contributed by atoms with E-state index in [0.717, 1.165) is 0 Å². The summed E-state index contributed by atoms with van der Waals surface area (Å²) in [5, 5.41) is 12.2. The number of carbonyl (C=O) groups is 2. The van der Waals surface area contributed by atoms with E-state index >= 15 is 0 Å². The Kier molecular flexibility index (Phi) is 4.58. The molecule has 3 aromatic rings. The van der Waals surface area contributed by atoms with Gasteiger partial charge in [0, 0.05) is 18.2 Å². The molecule has 1 fully saturated rings. The average molecular weight is 454 g/mol. The highest BCUT2D eigenvalue weighted by Gasteiger charge is 2.82. The Labute approximate surface area is 187 Å². The standard InChI is InChI=1S/C24H17ClFNO5/c1-31-22(29)19-18(13-5-3-2-4-6-13)24(14-7-9-16(26)10-8-14)23(19,30)21(28)20-17(32-24)11-15(25)12-27-20/h2-12,18-19,30H,1H3. The number of aromatic nitrogens is 1. The number of ketones is 1. The van der Waals surface area contributed by atoms with E-state index in [1.807, 2.05) is 0 Å². The van der Waals surface area contributed by atoms with Gasteiger partial charge in [-0.1, -0.05) is 54.1 Å². The lowest BCUT2D eigenvalue weighted by molar-refractivity contribution is -0.251. The molecular formula is C24H17ClFNO5. The van der Waals surface area contributed by atoms with Crippen LogP contribution in [0.4, 0.5) is 4.39 Å². The van der Waals surface area contributed by atoms with E-state index in [4.69, 9.17) is 21.1 Å². The number of hydrogen-bond acceptors (Lipinski definition) is 6. The molecule has 0 spiro atoms. The number of carbonyl (C=O) groups excluding carboxylic acids is 2. The van der Waals surface area contributed by atoms with Gasteiger partial charge < -0.3 is 14.6 Å². The molecule has 0 saturated heterocycles. The van der Waals surface area contributed by atoms with Gasteiger partial charge >= 0.3 is 5.97 Å². The molecule has 0 bridgehead atoms. The van der Waals surface area contributed by atoms with Crippen LogP contribution in [-0.2, 0) is 15.1 Å². The zero-order valence-corrected chi connectivity index (χ0v) is 17.5. The third-order valence-corrected chi connectivity index (χ3v) is 6.53. The minimum Gasteiger partial charge on any atom is -0.476 e. The summed E-state index contributed by atoms with van der Waals surface area (Å²) in [5.41, 5.74) is -3.25. The molecule has 4 unspecified atom stereocenters. The summed E-state index contributed by atoms with van der Waals surface area (Å²) in [6.45, 7) is 0. The number of ether oxygens (including phenoxy) is 2. The average Bonchev–Trinajstić information content (AvgIpc) is 2.80. The van der Waals surface area contributed by atoms with Crippen molar-refractivity contribution in [2.24, 2.45) is 5.92 Å². The fraction of sp³-hybridized carbons (Fsp3) is 0.208. The van der Waals surface area contributed by atoms with Crippen molar-refractivity contribution < 1.29 is 28.6 Å². The third-order valence-electron chi connectivity index (χ3n) is 6.33. The van der Waals surface area contributed by atoms with E-state index in [9.17, 15) is 19.1 Å². The molecule has 2 aliphatic rings. The number of Topliss-reactive ketones (excluding diaryl/α,β-unsaturated/α-hetero) is 1. The maximum absolute atomic E-state index is 13.8. The highest BCUT2D eigenvalue weighted by Crippen LogP contribution is 2.68. The molecule has 2 heterocycles. The summed E-state index contributed by atoms with van der Waals surface area (Å²) in [4.78, 5) is 30.6. The number of rotatable bonds is 3. The smallest absolute Gasteiger partial charge is 0.313 e. The Balaban J connectivity index is 1.83. The van der Waals surface area contributed by atoms with Crippen molar-refractivity contribution in [2.45, 2.75) is 17.1 Å². The highest BCUT2D eigenvalue weighted by molar-refractivity contribution is 6.30. The summed E-state index contributed by atoms with van der Waals surface area (Å²) in [6.07, 6.45) is 1.26. The van der Waals surface area contributed by atoms with Crippen molar-refractivity contribution in [3.8, 4) is 5.75 Å². The number of benzene rings is 2. The van der Waals surface area contributed by atoms with Gasteiger partial charge in [-0.25, -0.2) is 9.37 Å². The molecule has 5 rings (SSSR count). The Bertz CT molecular complexity index is 1230. The first-order chi connectivity index (χ1) is 15.3. The molecule has 162 valence electrons. The predicted octanol–water partition coefficient (Wildman–Crippen LogP) is 3.66. The van der Waals surface area contributed by atoms with Gasteiger partial charge in [-0.3, -0.25) is 9.59 Å². The molecule has 1 aliphatic carbocycles. The molecule has 8 heteroatoms.